The number of carbonyl (C=O) groups is 1. The normalized spacial score (nSPS) is 20.8. The van der Waals surface area contributed by atoms with Gasteiger partial charge in [0.1, 0.15) is 6.04 Å². The quantitative estimate of drug-likeness (QED) is 0.891. The lowest BCUT2D eigenvalue weighted by molar-refractivity contribution is -0.126. The van der Waals surface area contributed by atoms with E-state index in [4.69, 9.17) is 0 Å². The van der Waals surface area contributed by atoms with Crippen LogP contribution in [0.1, 0.15) is 18.9 Å². The molecule has 1 fully saturated rings. The number of nitrogens with zero attached hydrogens (tertiary/aromatic N) is 1. The van der Waals surface area contributed by atoms with Crippen molar-refractivity contribution in [3.63, 3.8) is 0 Å². The number of carbonyl (C=O) groups excluding carboxylic acids is 1. The molecule has 20 heavy (non-hydrogen) atoms. The molecule has 0 bridgehead atoms. The lowest BCUT2D eigenvalue weighted by atomic mass is 10.2. The lowest BCUT2D eigenvalue weighted by Crippen LogP contribution is -2.56. The minimum Gasteiger partial charge on any atom is -0.353 e. The van der Waals surface area contributed by atoms with Crippen LogP contribution in [-0.4, -0.2) is 37.8 Å². The van der Waals surface area contributed by atoms with Crippen LogP contribution in [0.2, 0.25) is 0 Å². The van der Waals surface area contributed by atoms with Crippen LogP contribution in [0.25, 0.3) is 0 Å². The Kier molecular flexibility index (Phi) is 4.51. The predicted molar refractivity (Wildman–Crippen MR) is 79.9 cm³/mol. The molecule has 0 saturated carbocycles. The Morgan fingerprint density at radius 3 is 2.80 bits per heavy atom. The van der Waals surface area contributed by atoms with Crippen molar-refractivity contribution in [2.45, 2.75) is 31.2 Å². The molecule has 2 rings (SSSR count). The monoisotopic (exact) mass is 360 g/mol. The second-order valence-electron chi connectivity index (χ2n) is 4.74. The fraction of sp³-hybridized carbons (Fsp3) is 0.462. The van der Waals surface area contributed by atoms with Gasteiger partial charge < -0.3 is 5.32 Å². The third kappa shape index (κ3) is 2.75. The van der Waals surface area contributed by atoms with Gasteiger partial charge in [0.2, 0.25) is 15.9 Å². The van der Waals surface area contributed by atoms with E-state index < -0.39 is 16.1 Å². The summed E-state index contributed by atoms with van der Waals surface area (Å²) in [6.45, 7) is 4.22. The minimum absolute atomic E-state index is 0.227. The van der Waals surface area contributed by atoms with Crippen molar-refractivity contribution in [2.24, 2.45) is 0 Å². The number of piperazine rings is 1. The first-order valence-corrected chi connectivity index (χ1v) is 8.67. The maximum Gasteiger partial charge on any atom is 0.244 e. The van der Waals surface area contributed by atoms with Crippen molar-refractivity contribution in [3.05, 3.63) is 28.2 Å². The number of sulfonamides is 1. The zero-order valence-corrected chi connectivity index (χ0v) is 13.8. The van der Waals surface area contributed by atoms with Gasteiger partial charge in [-0.1, -0.05) is 28.9 Å². The van der Waals surface area contributed by atoms with Gasteiger partial charge >= 0.3 is 0 Å². The molecule has 1 heterocycles. The van der Waals surface area contributed by atoms with E-state index in [1.807, 2.05) is 6.92 Å². The minimum atomic E-state index is -3.67. The summed E-state index contributed by atoms with van der Waals surface area (Å²) in [7, 11) is -3.67. The van der Waals surface area contributed by atoms with Crippen LogP contribution >= 0.6 is 15.9 Å². The van der Waals surface area contributed by atoms with Gasteiger partial charge in [-0.3, -0.25) is 4.79 Å². The van der Waals surface area contributed by atoms with Crippen molar-refractivity contribution < 1.29 is 13.2 Å². The Balaban J connectivity index is 2.48. The predicted octanol–water partition coefficient (Wildman–Crippen LogP) is 1.66. The highest BCUT2D eigenvalue weighted by Crippen LogP contribution is 2.26. The summed E-state index contributed by atoms with van der Waals surface area (Å²) in [4.78, 5) is 12.1. The smallest absolute Gasteiger partial charge is 0.244 e. The van der Waals surface area contributed by atoms with Crippen molar-refractivity contribution in [2.75, 3.05) is 13.1 Å². The Morgan fingerprint density at radius 2 is 2.15 bits per heavy atom. The third-order valence-corrected chi connectivity index (χ3v) is 5.95. The van der Waals surface area contributed by atoms with Crippen LogP contribution in [0.4, 0.5) is 0 Å². The van der Waals surface area contributed by atoms with Gasteiger partial charge in [0.05, 0.1) is 4.90 Å². The van der Waals surface area contributed by atoms with Crippen molar-refractivity contribution in [1.29, 1.82) is 0 Å². The molecule has 1 aliphatic rings. The van der Waals surface area contributed by atoms with Gasteiger partial charge in [0.15, 0.2) is 0 Å². The van der Waals surface area contributed by atoms with Crippen LogP contribution in [0.15, 0.2) is 27.6 Å². The average Bonchev–Trinajstić information content (AvgIpc) is 2.41. The molecule has 5 nitrogen and oxygen atoms in total. The van der Waals surface area contributed by atoms with Crippen LogP contribution in [0, 0.1) is 6.92 Å². The number of nitrogens with one attached hydrogen (secondary N) is 1. The van der Waals surface area contributed by atoms with Crippen molar-refractivity contribution in [1.82, 2.24) is 9.62 Å². The van der Waals surface area contributed by atoms with E-state index >= 15 is 0 Å². The van der Waals surface area contributed by atoms with Crippen LogP contribution in [0.5, 0.6) is 0 Å². The van der Waals surface area contributed by atoms with E-state index in [0.29, 0.717) is 29.5 Å². The first-order chi connectivity index (χ1) is 9.37. The molecule has 1 saturated heterocycles. The molecule has 0 spiro atoms. The van der Waals surface area contributed by atoms with Gasteiger partial charge in [-0.2, -0.15) is 4.31 Å². The Bertz CT molecular complexity index is 631. The van der Waals surface area contributed by atoms with E-state index in [-0.39, 0.29) is 10.8 Å². The topological polar surface area (TPSA) is 66.5 Å². The largest absolute Gasteiger partial charge is 0.353 e. The SMILES string of the molecule is CCC1C(=O)NCCN1S(=O)(=O)c1cc(Br)ccc1C. The Labute approximate surface area is 127 Å². The molecular formula is C13H17BrN2O3S. The number of hydrogen-bond donors (Lipinski definition) is 1. The summed E-state index contributed by atoms with van der Waals surface area (Å²) < 4.78 is 27.6. The van der Waals surface area contributed by atoms with Crippen LogP contribution < -0.4 is 5.32 Å². The number of halogens is 1. The molecule has 1 atom stereocenters. The van der Waals surface area contributed by atoms with E-state index in [9.17, 15) is 13.2 Å². The van der Waals surface area contributed by atoms with E-state index in [1.54, 1.807) is 25.1 Å². The number of hydrogen-bond acceptors (Lipinski definition) is 3. The fourth-order valence-electron chi connectivity index (χ4n) is 2.35. The van der Waals surface area contributed by atoms with Crippen LogP contribution in [-0.2, 0) is 14.8 Å². The molecule has 0 aliphatic carbocycles. The summed E-state index contributed by atoms with van der Waals surface area (Å²) in [5.74, 6) is -0.227. The summed E-state index contributed by atoms with van der Waals surface area (Å²) in [5, 5.41) is 2.71. The molecule has 7 heteroatoms. The molecule has 1 aliphatic heterocycles. The van der Waals surface area contributed by atoms with E-state index in [0.717, 1.165) is 0 Å². The molecule has 1 aromatic carbocycles. The molecule has 1 aromatic rings. The summed E-state index contributed by atoms with van der Waals surface area (Å²) in [6, 6.07) is 4.51. The summed E-state index contributed by atoms with van der Waals surface area (Å²) in [5.41, 5.74) is 0.675. The number of aryl methyl sites for hydroxylation is 1. The van der Waals surface area contributed by atoms with Gasteiger partial charge in [-0.05, 0) is 31.0 Å². The highest BCUT2D eigenvalue weighted by molar-refractivity contribution is 9.10. The van der Waals surface area contributed by atoms with Crippen molar-refractivity contribution >= 4 is 31.9 Å². The maximum atomic E-state index is 12.8. The molecule has 0 aromatic heterocycles. The van der Waals surface area contributed by atoms with Crippen LogP contribution in [0.3, 0.4) is 0 Å². The maximum absolute atomic E-state index is 12.8. The van der Waals surface area contributed by atoms with Gasteiger partial charge in [0, 0.05) is 17.6 Å². The number of benzene rings is 1. The molecular weight excluding hydrogens is 344 g/mol. The van der Waals surface area contributed by atoms with Gasteiger partial charge in [-0.15, -0.1) is 0 Å². The number of amides is 1. The van der Waals surface area contributed by atoms with Crippen molar-refractivity contribution in [3.8, 4) is 0 Å². The van der Waals surface area contributed by atoms with E-state index in [1.165, 1.54) is 4.31 Å². The zero-order valence-electron chi connectivity index (χ0n) is 11.4. The zero-order chi connectivity index (χ0) is 14.9. The van der Waals surface area contributed by atoms with Gasteiger partial charge in [-0.25, -0.2) is 8.42 Å². The standard InChI is InChI=1S/C13H17BrN2O3S/c1-3-11-13(17)15-6-7-16(11)20(18,19)12-8-10(14)5-4-9(12)2/h4-5,8,11H,3,6-7H2,1-2H3,(H,15,17). The second-order valence-corrected chi connectivity index (χ2v) is 7.52. The highest BCUT2D eigenvalue weighted by Gasteiger charge is 2.37. The lowest BCUT2D eigenvalue weighted by Gasteiger charge is -2.33. The first-order valence-electron chi connectivity index (χ1n) is 6.43. The fourth-order valence-corrected chi connectivity index (χ4v) is 4.78. The molecule has 1 N–H and O–H groups in total. The molecule has 0 radical (unpaired) electrons. The average molecular weight is 361 g/mol. The molecule has 1 unspecified atom stereocenters. The number of rotatable bonds is 3. The summed E-state index contributed by atoms with van der Waals surface area (Å²) >= 11 is 3.29. The van der Waals surface area contributed by atoms with Gasteiger partial charge in [0.25, 0.3) is 0 Å². The molecule has 1 amide bonds. The Morgan fingerprint density at radius 1 is 1.45 bits per heavy atom. The second kappa shape index (κ2) is 5.83. The summed E-state index contributed by atoms with van der Waals surface area (Å²) in [6.07, 6.45) is 0.456. The Hall–Kier alpha value is -0.920. The first kappa shape index (κ1) is 15.5. The van der Waals surface area contributed by atoms with E-state index in [2.05, 4.69) is 21.2 Å². The molecule has 110 valence electrons. The third-order valence-electron chi connectivity index (χ3n) is 3.41. The highest BCUT2D eigenvalue weighted by atomic mass is 79.9.